The van der Waals surface area contributed by atoms with Gasteiger partial charge in [-0.15, -0.1) is 17.9 Å². The van der Waals surface area contributed by atoms with E-state index in [1.165, 1.54) is 10.3 Å². The Balaban J connectivity index is 2.10. The van der Waals surface area contributed by atoms with Crippen LogP contribution in [0.3, 0.4) is 0 Å². The van der Waals surface area contributed by atoms with Crippen molar-refractivity contribution in [2.45, 2.75) is 6.42 Å². The van der Waals surface area contributed by atoms with Gasteiger partial charge in [0, 0.05) is 0 Å². The van der Waals surface area contributed by atoms with E-state index in [1.807, 2.05) is 24.3 Å². The van der Waals surface area contributed by atoms with E-state index in [0.717, 1.165) is 28.3 Å². The lowest BCUT2D eigenvalue weighted by Crippen LogP contribution is -1.90. The number of hydrogen-bond donors (Lipinski definition) is 0. The van der Waals surface area contributed by atoms with Gasteiger partial charge in [0.15, 0.2) is 0 Å². The van der Waals surface area contributed by atoms with E-state index in [2.05, 4.69) is 35.8 Å². The first kappa shape index (κ1) is 12.9. The normalized spacial score (nSPS) is 10.7. The predicted molar refractivity (Wildman–Crippen MR) is 85.5 cm³/mol. The van der Waals surface area contributed by atoms with Gasteiger partial charge in [0.05, 0.1) is 22.9 Å². The average molecular weight is 281 g/mol. The highest BCUT2D eigenvalue weighted by molar-refractivity contribution is 7.21. The van der Waals surface area contributed by atoms with Crippen LogP contribution < -0.4 is 4.74 Å². The standard InChI is InChI=1S/C17H15NOS/c1-3-6-12-9-10-13(15(11-12)19-2)17-18-14-7-4-5-8-16(14)20-17/h3-5,7-11H,1,6H2,2H3. The summed E-state index contributed by atoms with van der Waals surface area (Å²) in [5.41, 5.74) is 3.27. The summed E-state index contributed by atoms with van der Waals surface area (Å²) in [7, 11) is 1.70. The zero-order valence-corrected chi connectivity index (χ0v) is 12.1. The molecule has 3 aromatic rings. The lowest BCUT2D eigenvalue weighted by Gasteiger charge is -2.07. The number of para-hydroxylation sites is 1. The molecule has 0 unspecified atom stereocenters. The molecular weight excluding hydrogens is 266 g/mol. The molecule has 0 N–H and O–H groups in total. The highest BCUT2D eigenvalue weighted by Gasteiger charge is 2.11. The summed E-state index contributed by atoms with van der Waals surface area (Å²) < 4.78 is 6.71. The third-order valence-corrected chi connectivity index (χ3v) is 4.24. The van der Waals surface area contributed by atoms with Crippen LogP contribution in [0, 0.1) is 0 Å². The molecule has 3 heteroatoms. The maximum atomic E-state index is 5.52. The minimum Gasteiger partial charge on any atom is -0.496 e. The Morgan fingerprint density at radius 1 is 1.25 bits per heavy atom. The third-order valence-electron chi connectivity index (χ3n) is 3.17. The zero-order valence-electron chi connectivity index (χ0n) is 11.3. The van der Waals surface area contributed by atoms with Gasteiger partial charge >= 0.3 is 0 Å². The SMILES string of the molecule is C=CCc1ccc(-c2nc3ccccc3s2)c(OC)c1. The Bertz CT molecular complexity index is 728. The Morgan fingerprint density at radius 3 is 2.85 bits per heavy atom. The molecule has 100 valence electrons. The number of benzene rings is 2. The van der Waals surface area contributed by atoms with E-state index in [1.54, 1.807) is 18.4 Å². The molecule has 3 rings (SSSR count). The van der Waals surface area contributed by atoms with Crippen molar-refractivity contribution in [3.05, 3.63) is 60.7 Å². The van der Waals surface area contributed by atoms with E-state index in [0.29, 0.717) is 0 Å². The van der Waals surface area contributed by atoms with Crippen LogP contribution in [0.4, 0.5) is 0 Å². The summed E-state index contributed by atoms with van der Waals surface area (Å²) >= 11 is 1.69. The van der Waals surface area contributed by atoms with E-state index >= 15 is 0 Å². The van der Waals surface area contributed by atoms with E-state index in [9.17, 15) is 0 Å². The number of fused-ring (bicyclic) bond motifs is 1. The number of hydrogen-bond acceptors (Lipinski definition) is 3. The van der Waals surface area contributed by atoms with Crippen LogP contribution in [0.15, 0.2) is 55.1 Å². The van der Waals surface area contributed by atoms with Gasteiger partial charge in [-0.1, -0.05) is 24.3 Å². The Kier molecular flexibility index (Phi) is 3.52. The largest absolute Gasteiger partial charge is 0.496 e. The van der Waals surface area contributed by atoms with Crippen LogP contribution in [0.5, 0.6) is 5.75 Å². The van der Waals surface area contributed by atoms with Crippen LogP contribution in [-0.2, 0) is 6.42 Å². The molecule has 0 atom stereocenters. The first-order valence-electron chi connectivity index (χ1n) is 6.45. The molecule has 0 aliphatic carbocycles. The molecule has 0 radical (unpaired) electrons. The fourth-order valence-electron chi connectivity index (χ4n) is 2.19. The quantitative estimate of drug-likeness (QED) is 0.647. The lowest BCUT2D eigenvalue weighted by molar-refractivity contribution is 0.416. The monoisotopic (exact) mass is 281 g/mol. The summed E-state index contributed by atoms with van der Waals surface area (Å²) in [6, 6.07) is 14.4. The number of thiazole rings is 1. The summed E-state index contributed by atoms with van der Waals surface area (Å²) in [6.45, 7) is 3.77. The van der Waals surface area contributed by atoms with Gasteiger partial charge in [-0.3, -0.25) is 0 Å². The molecule has 1 heterocycles. The summed E-state index contributed by atoms with van der Waals surface area (Å²) in [6.07, 6.45) is 2.74. The second-order valence-corrected chi connectivity index (χ2v) is 5.54. The zero-order chi connectivity index (χ0) is 13.9. The molecule has 1 aromatic heterocycles. The van der Waals surface area contributed by atoms with Gasteiger partial charge in [-0.2, -0.15) is 0 Å². The molecular formula is C17H15NOS. The van der Waals surface area contributed by atoms with Crippen LogP contribution in [0.2, 0.25) is 0 Å². The Hall–Kier alpha value is -2.13. The van der Waals surface area contributed by atoms with Crippen LogP contribution in [0.25, 0.3) is 20.8 Å². The minimum atomic E-state index is 0.844. The molecule has 0 amide bonds. The summed E-state index contributed by atoms with van der Waals surface area (Å²) in [5.74, 6) is 0.864. The fourth-order valence-corrected chi connectivity index (χ4v) is 3.19. The maximum absolute atomic E-state index is 5.52. The molecule has 0 saturated heterocycles. The number of allylic oxidation sites excluding steroid dienone is 1. The van der Waals surface area contributed by atoms with Crippen molar-refractivity contribution in [2.75, 3.05) is 7.11 Å². The van der Waals surface area contributed by atoms with Crippen molar-refractivity contribution in [2.24, 2.45) is 0 Å². The number of nitrogens with zero attached hydrogens (tertiary/aromatic N) is 1. The van der Waals surface area contributed by atoms with Crippen molar-refractivity contribution < 1.29 is 4.74 Å². The number of ether oxygens (including phenoxy) is 1. The topological polar surface area (TPSA) is 22.1 Å². The summed E-state index contributed by atoms with van der Waals surface area (Å²) in [5, 5.41) is 0.994. The van der Waals surface area contributed by atoms with E-state index in [-0.39, 0.29) is 0 Å². The lowest BCUT2D eigenvalue weighted by atomic mass is 10.1. The highest BCUT2D eigenvalue weighted by atomic mass is 32.1. The molecule has 0 saturated carbocycles. The van der Waals surface area contributed by atoms with Gasteiger partial charge in [-0.25, -0.2) is 4.98 Å². The number of methoxy groups -OCH3 is 1. The predicted octanol–water partition coefficient (Wildman–Crippen LogP) is 4.70. The Morgan fingerprint density at radius 2 is 2.10 bits per heavy atom. The minimum absolute atomic E-state index is 0.844. The van der Waals surface area contributed by atoms with E-state index in [4.69, 9.17) is 4.74 Å². The molecule has 2 nitrogen and oxygen atoms in total. The van der Waals surface area contributed by atoms with Crippen LogP contribution in [-0.4, -0.2) is 12.1 Å². The van der Waals surface area contributed by atoms with Crippen molar-refractivity contribution in [1.29, 1.82) is 0 Å². The first-order valence-corrected chi connectivity index (χ1v) is 7.27. The van der Waals surface area contributed by atoms with Crippen LogP contribution >= 0.6 is 11.3 Å². The van der Waals surface area contributed by atoms with Gasteiger partial charge in [0.25, 0.3) is 0 Å². The highest BCUT2D eigenvalue weighted by Crippen LogP contribution is 2.36. The van der Waals surface area contributed by atoms with Crippen LogP contribution in [0.1, 0.15) is 5.56 Å². The smallest absolute Gasteiger partial charge is 0.129 e. The fraction of sp³-hybridized carbons (Fsp3) is 0.118. The average Bonchev–Trinajstić information content (AvgIpc) is 2.91. The molecule has 0 spiro atoms. The molecule has 2 aromatic carbocycles. The molecule has 0 aliphatic rings. The van der Waals surface area contributed by atoms with Crippen molar-refractivity contribution in [3.8, 4) is 16.3 Å². The van der Waals surface area contributed by atoms with E-state index < -0.39 is 0 Å². The first-order chi connectivity index (χ1) is 9.81. The molecule has 20 heavy (non-hydrogen) atoms. The molecule has 0 bridgehead atoms. The number of rotatable bonds is 4. The molecule has 0 fully saturated rings. The van der Waals surface area contributed by atoms with Gasteiger partial charge < -0.3 is 4.74 Å². The van der Waals surface area contributed by atoms with Crippen molar-refractivity contribution >= 4 is 21.6 Å². The van der Waals surface area contributed by atoms with Crippen molar-refractivity contribution in [3.63, 3.8) is 0 Å². The van der Waals surface area contributed by atoms with Gasteiger partial charge in [0.1, 0.15) is 10.8 Å². The number of aromatic nitrogens is 1. The Labute approximate surface area is 122 Å². The van der Waals surface area contributed by atoms with Crippen molar-refractivity contribution in [1.82, 2.24) is 4.98 Å². The molecule has 0 aliphatic heterocycles. The van der Waals surface area contributed by atoms with Gasteiger partial charge in [0.2, 0.25) is 0 Å². The second kappa shape index (κ2) is 5.47. The second-order valence-electron chi connectivity index (χ2n) is 4.51. The maximum Gasteiger partial charge on any atom is 0.129 e. The van der Waals surface area contributed by atoms with Gasteiger partial charge in [-0.05, 0) is 36.2 Å². The summed E-state index contributed by atoms with van der Waals surface area (Å²) in [4.78, 5) is 4.69. The third kappa shape index (κ3) is 2.32.